The van der Waals surface area contributed by atoms with Crippen molar-refractivity contribution in [1.29, 1.82) is 0 Å². The molecule has 29 heavy (non-hydrogen) atoms. The molecule has 1 fully saturated rings. The van der Waals surface area contributed by atoms with Crippen LogP contribution < -0.4 is 4.74 Å². The van der Waals surface area contributed by atoms with Gasteiger partial charge in [0.2, 0.25) is 0 Å². The summed E-state index contributed by atoms with van der Waals surface area (Å²) in [6.07, 6.45) is 4.70. The van der Waals surface area contributed by atoms with E-state index in [1.807, 2.05) is 24.3 Å². The van der Waals surface area contributed by atoms with Crippen LogP contribution in [0.4, 0.5) is 0 Å². The standard InChI is InChI=1S/C25H32N2O2/c1-20-6-4-14-27(20)15-5-17-29-24-11-9-22(10-12-24)25(28)19-26-16-13-21-7-2-3-8-23(21)18-26/h2-3,7-12,20H,4-6,13-19H2,1H3. The van der Waals surface area contributed by atoms with Crippen LogP contribution in [-0.2, 0) is 13.0 Å². The molecular formula is C25H32N2O2. The Bertz CT molecular complexity index is 818. The maximum absolute atomic E-state index is 12.7. The third kappa shape index (κ3) is 5.26. The third-order valence-electron chi connectivity index (χ3n) is 6.30. The molecule has 2 aromatic rings. The molecule has 4 rings (SSSR count). The SMILES string of the molecule is CC1CCCN1CCCOc1ccc(C(=O)CN2CCc3ccccc3C2)cc1. The van der Waals surface area contributed by atoms with Crippen LogP contribution in [-0.4, -0.2) is 54.4 Å². The van der Waals surface area contributed by atoms with E-state index < -0.39 is 0 Å². The molecule has 0 saturated carbocycles. The first-order chi connectivity index (χ1) is 14.2. The number of rotatable bonds is 8. The average Bonchev–Trinajstić information content (AvgIpc) is 3.16. The van der Waals surface area contributed by atoms with Gasteiger partial charge in [0.05, 0.1) is 13.2 Å². The van der Waals surface area contributed by atoms with Crippen LogP contribution >= 0.6 is 0 Å². The molecular weight excluding hydrogens is 360 g/mol. The number of fused-ring (bicyclic) bond motifs is 1. The Morgan fingerprint density at radius 1 is 1.07 bits per heavy atom. The fourth-order valence-corrected chi connectivity index (χ4v) is 4.50. The van der Waals surface area contributed by atoms with Crippen LogP contribution in [0.3, 0.4) is 0 Å². The second-order valence-corrected chi connectivity index (χ2v) is 8.41. The van der Waals surface area contributed by atoms with Gasteiger partial charge in [0.25, 0.3) is 0 Å². The van der Waals surface area contributed by atoms with E-state index in [2.05, 4.69) is 41.0 Å². The maximum atomic E-state index is 12.7. The number of nitrogens with zero attached hydrogens (tertiary/aromatic N) is 2. The molecule has 0 radical (unpaired) electrons. The van der Waals surface area contributed by atoms with Gasteiger partial charge in [-0.05, 0) is 74.5 Å². The molecule has 4 nitrogen and oxygen atoms in total. The lowest BCUT2D eigenvalue weighted by Crippen LogP contribution is -2.34. The predicted octanol–water partition coefficient (Wildman–Crippen LogP) is 4.18. The summed E-state index contributed by atoms with van der Waals surface area (Å²) in [5.41, 5.74) is 3.53. The quantitative estimate of drug-likeness (QED) is 0.498. The maximum Gasteiger partial charge on any atom is 0.176 e. The monoisotopic (exact) mass is 392 g/mol. The third-order valence-corrected chi connectivity index (χ3v) is 6.30. The van der Waals surface area contributed by atoms with Gasteiger partial charge >= 0.3 is 0 Å². The van der Waals surface area contributed by atoms with E-state index in [1.165, 1.54) is 30.5 Å². The normalized spacial score (nSPS) is 19.8. The van der Waals surface area contributed by atoms with Gasteiger partial charge in [0, 0.05) is 31.2 Å². The molecule has 0 aromatic heterocycles. The lowest BCUT2D eigenvalue weighted by Gasteiger charge is -2.28. The minimum Gasteiger partial charge on any atom is -0.494 e. The summed E-state index contributed by atoms with van der Waals surface area (Å²) in [5.74, 6) is 1.03. The van der Waals surface area contributed by atoms with Gasteiger partial charge < -0.3 is 9.64 Å². The first-order valence-electron chi connectivity index (χ1n) is 11.0. The lowest BCUT2D eigenvalue weighted by atomic mass is 9.99. The highest BCUT2D eigenvalue weighted by Crippen LogP contribution is 2.20. The largest absolute Gasteiger partial charge is 0.494 e. The van der Waals surface area contributed by atoms with E-state index in [1.54, 1.807) is 0 Å². The van der Waals surface area contributed by atoms with Crippen molar-refractivity contribution in [2.75, 3.05) is 32.8 Å². The zero-order valence-corrected chi connectivity index (χ0v) is 17.5. The van der Waals surface area contributed by atoms with E-state index in [9.17, 15) is 4.79 Å². The molecule has 4 heteroatoms. The number of benzene rings is 2. The van der Waals surface area contributed by atoms with E-state index >= 15 is 0 Å². The fourth-order valence-electron chi connectivity index (χ4n) is 4.50. The topological polar surface area (TPSA) is 32.8 Å². The van der Waals surface area contributed by atoms with Crippen LogP contribution in [0.2, 0.25) is 0 Å². The second-order valence-electron chi connectivity index (χ2n) is 8.41. The second kappa shape index (κ2) is 9.55. The molecule has 0 N–H and O–H groups in total. The predicted molar refractivity (Wildman–Crippen MR) is 117 cm³/mol. The number of hydrogen-bond acceptors (Lipinski definition) is 4. The Labute approximate surface area is 174 Å². The summed E-state index contributed by atoms with van der Waals surface area (Å²) in [5, 5.41) is 0. The summed E-state index contributed by atoms with van der Waals surface area (Å²) < 4.78 is 5.88. The van der Waals surface area contributed by atoms with Gasteiger partial charge in [0.1, 0.15) is 5.75 Å². The van der Waals surface area contributed by atoms with Crippen molar-refractivity contribution in [1.82, 2.24) is 9.80 Å². The van der Waals surface area contributed by atoms with Crippen molar-refractivity contribution in [3.8, 4) is 5.75 Å². The Hall–Kier alpha value is -2.17. The molecule has 0 aliphatic carbocycles. The number of hydrogen-bond donors (Lipinski definition) is 0. The van der Waals surface area contributed by atoms with Gasteiger partial charge in [-0.25, -0.2) is 0 Å². The Morgan fingerprint density at radius 2 is 1.86 bits per heavy atom. The first-order valence-corrected chi connectivity index (χ1v) is 11.0. The summed E-state index contributed by atoms with van der Waals surface area (Å²) in [7, 11) is 0. The molecule has 2 aliphatic rings. The zero-order chi connectivity index (χ0) is 20.1. The van der Waals surface area contributed by atoms with E-state index in [4.69, 9.17) is 4.74 Å². The lowest BCUT2D eigenvalue weighted by molar-refractivity contribution is 0.0921. The number of ether oxygens (including phenoxy) is 1. The van der Waals surface area contributed by atoms with Gasteiger partial charge in [-0.2, -0.15) is 0 Å². The summed E-state index contributed by atoms with van der Waals surface area (Å²) in [4.78, 5) is 17.5. The van der Waals surface area contributed by atoms with Crippen molar-refractivity contribution < 1.29 is 9.53 Å². The molecule has 1 atom stereocenters. The Kier molecular flexibility index (Phi) is 6.63. The molecule has 0 bridgehead atoms. The van der Waals surface area contributed by atoms with Crippen LogP contribution in [0, 0.1) is 0 Å². The van der Waals surface area contributed by atoms with Crippen molar-refractivity contribution in [2.45, 2.75) is 45.2 Å². The zero-order valence-electron chi connectivity index (χ0n) is 17.5. The fraction of sp³-hybridized carbons (Fsp3) is 0.480. The summed E-state index contributed by atoms with van der Waals surface area (Å²) >= 11 is 0. The minimum absolute atomic E-state index is 0.180. The number of likely N-dealkylation sites (tertiary alicyclic amines) is 1. The van der Waals surface area contributed by atoms with E-state index in [-0.39, 0.29) is 5.78 Å². The molecule has 2 aromatic carbocycles. The van der Waals surface area contributed by atoms with Gasteiger partial charge in [-0.1, -0.05) is 24.3 Å². The van der Waals surface area contributed by atoms with Gasteiger partial charge in [-0.3, -0.25) is 9.69 Å². The highest BCUT2D eigenvalue weighted by atomic mass is 16.5. The molecule has 2 heterocycles. The average molecular weight is 393 g/mol. The summed E-state index contributed by atoms with van der Waals surface area (Å²) in [6.45, 7) is 7.65. The van der Waals surface area contributed by atoms with Crippen molar-refractivity contribution in [2.24, 2.45) is 0 Å². The molecule has 2 aliphatic heterocycles. The van der Waals surface area contributed by atoms with E-state index in [0.29, 0.717) is 12.6 Å². The highest BCUT2D eigenvalue weighted by molar-refractivity contribution is 5.97. The number of Topliss-reactive ketones (excluding diaryl/α,β-unsaturated/α-hetero) is 1. The van der Waals surface area contributed by atoms with Gasteiger partial charge in [-0.15, -0.1) is 0 Å². The molecule has 0 amide bonds. The molecule has 0 spiro atoms. The van der Waals surface area contributed by atoms with E-state index in [0.717, 1.165) is 50.4 Å². The van der Waals surface area contributed by atoms with Crippen molar-refractivity contribution in [3.05, 3.63) is 65.2 Å². The number of carbonyl (C=O) groups excluding carboxylic acids is 1. The number of ketones is 1. The van der Waals surface area contributed by atoms with Crippen molar-refractivity contribution in [3.63, 3.8) is 0 Å². The first kappa shape index (κ1) is 20.1. The Morgan fingerprint density at radius 3 is 2.62 bits per heavy atom. The van der Waals surface area contributed by atoms with Gasteiger partial charge in [0.15, 0.2) is 5.78 Å². The molecule has 1 saturated heterocycles. The highest BCUT2D eigenvalue weighted by Gasteiger charge is 2.20. The summed E-state index contributed by atoms with van der Waals surface area (Å²) in [6, 6.07) is 16.9. The van der Waals surface area contributed by atoms with Crippen LogP contribution in [0.25, 0.3) is 0 Å². The van der Waals surface area contributed by atoms with Crippen molar-refractivity contribution >= 4 is 5.78 Å². The van der Waals surface area contributed by atoms with Crippen LogP contribution in [0.15, 0.2) is 48.5 Å². The molecule has 154 valence electrons. The van der Waals surface area contributed by atoms with Crippen LogP contribution in [0.1, 0.15) is 47.7 Å². The smallest absolute Gasteiger partial charge is 0.176 e. The van der Waals surface area contributed by atoms with Crippen LogP contribution in [0.5, 0.6) is 5.75 Å². The number of carbonyl (C=O) groups is 1. The molecule has 1 unspecified atom stereocenters. The minimum atomic E-state index is 0.180. The Balaban J connectivity index is 1.22.